The zero-order chi connectivity index (χ0) is 50.6. The van der Waals surface area contributed by atoms with E-state index in [-0.39, 0.29) is 25.2 Å². The van der Waals surface area contributed by atoms with Gasteiger partial charge in [-0.1, -0.05) is 284 Å². The molecular weight excluding hydrogens is 861 g/mol. The molecule has 400 valence electrons. The predicted molar refractivity (Wildman–Crippen MR) is 306 cm³/mol. The van der Waals surface area contributed by atoms with Crippen molar-refractivity contribution in [2.24, 2.45) is 0 Å². The van der Waals surface area contributed by atoms with Crippen molar-refractivity contribution < 1.29 is 24.2 Å². The molecule has 0 aromatic rings. The fourth-order valence-electron chi connectivity index (χ4n) is 8.20. The third-order valence-corrected chi connectivity index (χ3v) is 12.6. The molecule has 0 aliphatic rings. The molecule has 1 N–H and O–H groups in total. The van der Waals surface area contributed by atoms with Crippen molar-refractivity contribution >= 4 is 11.9 Å². The van der Waals surface area contributed by atoms with E-state index >= 15 is 0 Å². The standard InChI is InChI=1S/C65H110O5/c1-3-5-7-9-11-13-15-17-19-20-21-22-23-24-25-26-27-28-29-30-31-32-33-34-35-36-37-38-39-40-41-42-43-44-46-48-50-52-54-56-58-60-65(68)70-63(61-66)62-69-64(67)59-57-55-53-51-49-47-45-18-16-14-12-10-8-6-4-2/h5,7,11,13,17,19,21-22,24-25,27-28,30-31,33-34,36-37,63,66H,3-4,6,8-10,12,14-16,18,20,23,26,29,32,35,38-62H2,1-2H3/b7-5-,13-11-,19-17-,22-21-,25-24-,28-27-,31-30-,34-33-,37-36-. The Morgan fingerprint density at radius 2 is 0.614 bits per heavy atom. The third-order valence-electron chi connectivity index (χ3n) is 12.6. The minimum absolute atomic E-state index is 0.0662. The van der Waals surface area contributed by atoms with Gasteiger partial charge >= 0.3 is 11.9 Å². The number of aliphatic hydroxyl groups is 1. The van der Waals surface area contributed by atoms with Gasteiger partial charge in [-0.05, 0) is 83.5 Å². The Morgan fingerprint density at radius 1 is 0.343 bits per heavy atom. The van der Waals surface area contributed by atoms with Crippen LogP contribution in [0.4, 0.5) is 0 Å². The molecule has 0 radical (unpaired) electrons. The molecule has 0 heterocycles. The molecule has 0 aliphatic heterocycles. The number of ether oxygens (including phenoxy) is 2. The first kappa shape index (κ1) is 66.6. The minimum atomic E-state index is -0.775. The van der Waals surface area contributed by atoms with Crippen molar-refractivity contribution in [1.29, 1.82) is 0 Å². The van der Waals surface area contributed by atoms with Gasteiger partial charge in [0.15, 0.2) is 6.10 Å². The topological polar surface area (TPSA) is 72.8 Å². The Balaban J connectivity index is 3.52. The minimum Gasteiger partial charge on any atom is -0.462 e. The van der Waals surface area contributed by atoms with Gasteiger partial charge in [0, 0.05) is 12.8 Å². The van der Waals surface area contributed by atoms with E-state index in [0.717, 1.165) is 96.3 Å². The van der Waals surface area contributed by atoms with E-state index in [4.69, 9.17) is 9.47 Å². The molecule has 1 unspecified atom stereocenters. The van der Waals surface area contributed by atoms with Crippen molar-refractivity contribution in [3.63, 3.8) is 0 Å². The average Bonchev–Trinajstić information content (AvgIpc) is 3.36. The molecule has 70 heavy (non-hydrogen) atoms. The number of hydrogen-bond donors (Lipinski definition) is 1. The number of allylic oxidation sites excluding steroid dienone is 18. The summed E-state index contributed by atoms with van der Waals surface area (Å²) in [5, 5.41) is 9.64. The quantitative estimate of drug-likeness (QED) is 0.0373. The molecule has 0 rings (SSSR count). The number of rotatable bonds is 53. The fourth-order valence-corrected chi connectivity index (χ4v) is 8.20. The summed E-state index contributed by atoms with van der Waals surface area (Å²) in [6.45, 7) is 4.04. The first-order chi connectivity index (χ1) is 34.6. The highest BCUT2D eigenvalue weighted by Crippen LogP contribution is 2.16. The lowest BCUT2D eigenvalue weighted by molar-refractivity contribution is -0.161. The molecule has 0 aliphatic carbocycles. The highest BCUT2D eigenvalue weighted by Gasteiger charge is 2.16. The highest BCUT2D eigenvalue weighted by molar-refractivity contribution is 5.70. The van der Waals surface area contributed by atoms with Gasteiger partial charge in [0.05, 0.1) is 6.61 Å². The van der Waals surface area contributed by atoms with Gasteiger partial charge in [-0.25, -0.2) is 0 Å². The van der Waals surface area contributed by atoms with Crippen molar-refractivity contribution in [2.75, 3.05) is 13.2 Å². The number of esters is 2. The molecule has 0 aromatic carbocycles. The van der Waals surface area contributed by atoms with Gasteiger partial charge in [-0.15, -0.1) is 0 Å². The van der Waals surface area contributed by atoms with Crippen LogP contribution < -0.4 is 0 Å². The summed E-state index contributed by atoms with van der Waals surface area (Å²) >= 11 is 0. The summed E-state index contributed by atoms with van der Waals surface area (Å²) in [6.07, 6.45) is 86.4. The molecule has 5 nitrogen and oxygen atoms in total. The van der Waals surface area contributed by atoms with Crippen molar-refractivity contribution in [3.05, 3.63) is 109 Å². The van der Waals surface area contributed by atoms with E-state index in [9.17, 15) is 14.7 Å². The van der Waals surface area contributed by atoms with Gasteiger partial charge in [-0.3, -0.25) is 9.59 Å². The number of carbonyl (C=O) groups is 2. The first-order valence-corrected chi connectivity index (χ1v) is 29.4. The van der Waals surface area contributed by atoms with E-state index in [0.29, 0.717) is 12.8 Å². The van der Waals surface area contributed by atoms with Gasteiger partial charge in [0.25, 0.3) is 0 Å². The Hall–Kier alpha value is -3.44. The van der Waals surface area contributed by atoms with Crippen LogP contribution in [-0.4, -0.2) is 36.4 Å². The van der Waals surface area contributed by atoms with Crippen LogP contribution in [0.2, 0.25) is 0 Å². The molecule has 0 saturated carbocycles. The summed E-state index contributed by atoms with van der Waals surface area (Å²) in [6, 6.07) is 0. The lowest BCUT2D eigenvalue weighted by atomic mass is 10.0. The largest absolute Gasteiger partial charge is 0.462 e. The van der Waals surface area contributed by atoms with Gasteiger partial charge < -0.3 is 14.6 Å². The summed E-state index contributed by atoms with van der Waals surface area (Å²) in [4.78, 5) is 24.5. The molecule has 0 amide bonds. The van der Waals surface area contributed by atoms with E-state index < -0.39 is 6.10 Å². The average molecular weight is 972 g/mol. The second-order valence-electron chi connectivity index (χ2n) is 19.3. The maximum Gasteiger partial charge on any atom is 0.306 e. The van der Waals surface area contributed by atoms with E-state index in [1.54, 1.807) is 0 Å². The van der Waals surface area contributed by atoms with Gasteiger partial charge in [-0.2, -0.15) is 0 Å². The monoisotopic (exact) mass is 971 g/mol. The van der Waals surface area contributed by atoms with Crippen LogP contribution in [0.1, 0.15) is 271 Å². The molecule has 0 aromatic heterocycles. The normalized spacial score (nSPS) is 13.0. The Morgan fingerprint density at radius 3 is 0.929 bits per heavy atom. The Labute approximate surface area is 433 Å². The Kier molecular flexibility index (Phi) is 56.9. The highest BCUT2D eigenvalue weighted by atomic mass is 16.6. The summed E-state index contributed by atoms with van der Waals surface area (Å²) in [5.41, 5.74) is 0. The number of carbonyl (C=O) groups excluding carboxylic acids is 2. The lowest BCUT2D eigenvalue weighted by Gasteiger charge is -2.15. The predicted octanol–water partition coefficient (Wildman–Crippen LogP) is 20.1. The fraction of sp³-hybridized carbons (Fsp3) is 0.692. The van der Waals surface area contributed by atoms with E-state index in [1.807, 2.05) is 0 Å². The first-order valence-electron chi connectivity index (χ1n) is 29.4. The van der Waals surface area contributed by atoms with Crippen LogP contribution in [0.3, 0.4) is 0 Å². The number of hydrogen-bond acceptors (Lipinski definition) is 5. The van der Waals surface area contributed by atoms with Gasteiger partial charge in [0.1, 0.15) is 6.61 Å². The second-order valence-corrected chi connectivity index (χ2v) is 19.3. The van der Waals surface area contributed by atoms with Crippen molar-refractivity contribution in [1.82, 2.24) is 0 Å². The maximum absolute atomic E-state index is 12.3. The zero-order valence-corrected chi connectivity index (χ0v) is 45.7. The second kappa shape index (κ2) is 59.9. The smallest absolute Gasteiger partial charge is 0.306 e. The van der Waals surface area contributed by atoms with E-state index in [2.05, 4.69) is 123 Å². The SMILES string of the molecule is CC/C=C\C/C=C\C/C=C\C/C=C\C/C=C\C/C=C\C/C=C\C/C=C\C/C=C\CCCCCCCCCCCCCCCC(=O)OC(CO)COC(=O)CCCCCCCCCCCCCCCCC. The molecule has 1 atom stereocenters. The third kappa shape index (κ3) is 57.1. The molecule has 5 heteroatoms. The molecule has 0 spiro atoms. The van der Waals surface area contributed by atoms with Crippen molar-refractivity contribution in [3.8, 4) is 0 Å². The van der Waals surface area contributed by atoms with Crippen LogP contribution >= 0.6 is 0 Å². The zero-order valence-electron chi connectivity index (χ0n) is 45.7. The summed E-state index contributed by atoms with van der Waals surface area (Å²) in [5.74, 6) is -0.586. The van der Waals surface area contributed by atoms with Crippen LogP contribution in [-0.2, 0) is 19.1 Å². The number of aliphatic hydroxyl groups excluding tert-OH is 1. The molecular formula is C65H110O5. The van der Waals surface area contributed by atoms with Crippen LogP contribution in [0.5, 0.6) is 0 Å². The maximum atomic E-state index is 12.3. The molecule has 0 saturated heterocycles. The summed E-state index contributed by atoms with van der Waals surface area (Å²) < 4.78 is 10.7. The van der Waals surface area contributed by atoms with Crippen molar-refractivity contribution in [2.45, 2.75) is 277 Å². The molecule has 0 fully saturated rings. The number of unbranched alkanes of at least 4 members (excludes halogenated alkanes) is 27. The van der Waals surface area contributed by atoms with Crippen LogP contribution in [0.25, 0.3) is 0 Å². The van der Waals surface area contributed by atoms with Crippen LogP contribution in [0, 0.1) is 0 Å². The summed E-state index contributed by atoms with van der Waals surface area (Å²) in [7, 11) is 0. The van der Waals surface area contributed by atoms with E-state index in [1.165, 1.54) is 148 Å². The van der Waals surface area contributed by atoms with Crippen LogP contribution in [0.15, 0.2) is 109 Å². The lowest BCUT2D eigenvalue weighted by Crippen LogP contribution is -2.28. The van der Waals surface area contributed by atoms with Gasteiger partial charge in [0.2, 0.25) is 0 Å². The molecule has 0 bridgehead atoms. The Bertz CT molecular complexity index is 1380.